The maximum Gasteiger partial charge on any atom is 0.0277 e. The van der Waals surface area contributed by atoms with Crippen molar-refractivity contribution in [3.63, 3.8) is 0 Å². The monoisotopic (exact) mass is 198 g/mol. The third-order valence-electron chi connectivity index (χ3n) is 3.23. The zero-order valence-electron chi connectivity index (χ0n) is 10.1. The lowest BCUT2D eigenvalue weighted by atomic mass is 10.0. The van der Waals surface area contributed by atoms with Gasteiger partial charge in [-0.3, -0.25) is 4.90 Å². The van der Waals surface area contributed by atoms with Gasteiger partial charge in [0.2, 0.25) is 0 Å². The summed E-state index contributed by atoms with van der Waals surface area (Å²) in [6, 6.07) is 0. The van der Waals surface area contributed by atoms with Crippen molar-refractivity contribution in [2.75, 3.05) is 26.2 Å². The molecule has 1 aliphatic rings. The van der Waals surface area contributed by atoms with Gasteiger partial charge in [0.05, 0.1) is 0 Å². The maximum atomic E-state index is 3.52. The van der Waals surface area contributed by atoms with Crippen molar-refractivity contribution in [2.45, 2.75) is 52.0 Å². The van der Waals surface area contributed by atoms with E-state index in [1.165, 1.54) is 45.3 Å². The molecule has 1 rings (SSSR count). The summed E-state index contributed by atoms with van der Waals surface area (Å²) in [6.45, 7) is 11.9. The van der Waals surface area contributed by atoms with Gasteiger partial charge in [-0.05, 0) is 46.3 Å². The fourth-order valence-electron chi connectivity index (χ4n) is 2.17. The molecule has 0 spiro atoms. The smallest absolute Gasteiger partial charge is 0.0277 e. The van der Waals surface area contributed by atoms with Crippen molar-refractivity contribution in [3.05, 3.63) is 0 Å². The summed E-state index contributed by atoms with van der Waals surface area (Å²) in [5, 5.41) is 3.52. The lowest BCUT2D eigenvalue weighted by Crippen LogP contribution is -2.48. The van der Waals surface area contributed by atoms with Gasteiger partial charge < -0.3 is 5.32 Å². The number of hydrogen-bond acceptors (Lipinski definition) is 2. The van der Waals surface area contributed by atoms with Gasteiger partial charge in [-0.2, -0.15) is 0 Å². The fourth-order valence-corrected chi connectivity index (χ4v) is 2.17. The molecule has 0 saturated carbocycles. The molecule has 0 unspecified atom stereocenters. The summed E-state index contributed by atoms with van der Waals surface area (Å²) in [4.78, 5) is 2.66. The van der Waals surface area contributed by atoms with Crippen LogP contribution < -0.4 is 5.32 Å². The van der Waals surface area contributed by atoms with Crippen molar-refractivity contribution in [1.29, 1.82) is 0 Å². The molecular formula is C12H26N2. The van der Waals surface area contributed by atoms with Gasteiger partial charge in [-0.25, -0.2) is 0 Å². The van der Waals surface area contributed by atoms with Gasteiger partial charge in [0.1, 0.15) is 0 Å². The van der Waals surface area contributed by atoms with Crippen LogP contribution in [0.5, 0.6) is 0 Å². The van der Waals surface area contributed by atoms with E-state index in [-0.39, 0.29) is 0 Å². The molecule has 1 fully saturated rings. The second kappa shape index (κ2) is 5.72. The minimum Gasteiger partial charge on any atom is -0.315 e. The molecule has 0 atom stereocenters. The summed E-state index contributed by atoms with van der Waals surface area (Å²) in [7, 11) is 0. The Hall–Kier alpha value is -0.0800. The molecule has 0 aromatic rings. The van der Waals surface area contributed by atoms with E-state index in [1.807, 2.05) is 0 Å². The van der Waals surface area contributed by atoms with Crippen molar-refractivity contribution in [2.24, 2.45) is 0 Å². The van der Waals surface area contributed by atoms with E-state index >= 15 is 0 Å². The summed E-state index contributed by atoms with van der Waals surface area (Å²) in [6.07, 6.45) is 5.36. The van der Waals surface area contributed by atoms with E-state index in [1.54, 1.807) is 0 Å². The molecule has 2 heteroatoms. The maximum absolute atomic E-state index is 3.52. The standard InChI is InChI=1S/C12H26N2/c1-4-5-6-9-14-10-7-8-13-11-12(14,2)3/h13H,4-11H2,1-3H3. The summed E-state index contributed by atoms with van der Waals surface area (Å²) >= 11 is 0. The molecule has 0 aliphatic carbocycles. The number of rotatable bonds is 4. The molecule has 0 aromatic carbocycles. The first-order valence-corrected chi connectivity index (χ1v) is 6.12. The van der Waals surface area contributed by atoms with E-state index in [4.69, 9.17) is 0 Å². The van der Waals surface area contributed by atoms with Crippen LogP contribution in [0.3, 0.4) is 0 Å². The molecular weight excluding hydrogens is 172 g/mol. The van der Waals surface area contributed by atoms with Gasteiger partial charge in [-0.15, -0.1) is 0 Å². The first-order chi connectivity index (χ1) is 6.67. The average Bonchev–Trinajstić information content (AvgIpc) is 2.29. The molecule has 84 valence electrons. The lowest BCUT2D eigenvalue weighted by molar-refractivity contribution is 0.131. The molecule has 1 N–H and O–H groups in total. The highest BCUT2D eigenvalue weighted by molar-refractivity contribution is 4.86. The van der Waals surface area contributed by atoms with Crippen LogP contribution in [0.2, 0.25) is 0 Å². The highest BCUT2D eigenvalue weighted by Crippen LogP contribution is 2.17. The van der Waals surface area contributed by atoms with E-state index in [2.05, 4.69) is 31.0 Å². The Kier molecular flexibility index (Phi) is 4.90. The van der Waals surface area contributed by atoms with Crippen LogP contribution >= 0.6 is 0 Å². The fraction of sp³-hybridized carbons (Fsp3) is 1.00. The van der Waals surface area contributed by atoms with Crippen LogP contribution in [0.1, 0.15) is 46.5 Å². The minimum absolute atomic E-state index is 0.351. The number of nitrogens with one attached hydrogen (secondary N) is 1. The van der Waals surface area contributed by atoms with Crippen LogP contribution in [-0.2, 0) is 0 Å². The highest BCUT2D eigenvalue weighted by atomic mass is 15.2. The Bertz CT molecular complexity index is 154. The van der Waals surface area contributed by atoms with Gasteiger partial charge in [0.15, 0.2) is 0 Å². The molecule has 0 aromatic heterocycles. The molecule has 2 nitrogen and oxygen atoms in total. The molecule has 1 aliphatic heterocycles. The van der Waals surface area contributed by atoms with Gasteiger partial charge in [-0.1, -0.05) is 19.8 Å². The minimum atomic E-state index is 0.351. The zero-order valence-corrected chi connectivity index (χ0v) is 10.1. The predicted molar refractivity (Wildman–Crippen MR) is 62.7 cm³/mol. The van der Waals surface area contributed by atoms with E-state index in [0.717, 1.165) is 6.54 Å². The van der Waals surface area contributed by atoms with Crippen molar-refractivity contribution < 1.29 is 0 Å². The van der Waals surface area contributed by atoms with E-state index in [0.29, 0.717) is 5.54 Å². The topological polar surface area (TPSA) is 15.3 Å². The Morgan fingerprint density at radius 1 is 1.29 bits per heavy atom. The third kappa shape index (κ3) is 3.58. The van der Waals surface area contributed by atoms with Crippen LogP contribution in [0, 0.1) is 0 Å². The van der Waals surface area contributed by atoms with Crippen molar-refractivity contribution in [3.8, 4) is 0 Å². The largest absolute Gasteiger partial charge is 0.315 e. The first-order valence-electron chi connectivity index (χ1n) is 6.12. The Morgan fingerprint density at radius 3 is 2.79 bits per heavy atom. The predicted octanol–water partition coefficient (Wildman–Crippen LogP) is 2.25. The summed E-state index contributed by atoms with van der Waals surface area (Å²) < 4.78 is 0. The molecule has 1 heterocycles. The third-order valence-corrected chi connectivity index (χ3v) is 3.23. The zero-order chi connectivity index (χ0) is 10.4. The van der Waals surface area contributed by atoms with E-state index < -0.39 is 0 Å². The molecule has 0 amide bonds. The average molecular weight is 198 g/mol. The Labute approximate surface area is 89.1 Å². The Balaban J connectivity index is 2.37. The normalized spacial score (nSPS) is 23.4. The van der Waals surface area contributed by atoms with Crippen LogP contribution in [0.25, 0.3) is 0 Å². The second-order valence-corrected chi connectivity index (χ2v) is 5.04. The molecule has 1 saturated heterocycles. The van der Waals surface area contributed by atoms with Crippen LogP contribution in [0.4, 0.5) is 0 Å². The molecule has 0 bridgehead atoms. The second-order valence-electron chi connectivity index (χ2n) is 5.04. The van der Waals surface area contributed by atoms with Crippen LogP contribution in [0.15, 0.2) is 0 Å². The number of nitrogens with zero attached hydrogens (tertiary/aromatic N) is 1. The number of hydrogen-bond donors (Lipinski definition) is 1. The highest BCUT2D eigenvalue weighted by Gasteiger charge is 2.27. The summed E-state index contributed by atoms with van der Waals surface area (Å²) in [5.74, 6) is 0. The van der Waals surface area contributed by atoms with Crippen LogP contribution in [-0.4, -0.2) is 36.6 Å². The van der Waals surface area contributed by atoms with Crippen molar-refractivity contribution >= 4 is 0 Å². The lowest BCUT2D eigenvalue weighted by Gasteiger charge is -2.36. The van der Waals surface area contributed by atoms with Gasteiger partial charge in [0, 0.05) is 12.1 Å². The van der Waals surface area contributed by atoms with Gasteiger partial charge in [0.25, 0.3) is 0 Å². The quantitative estimate of drug-likeness (QED) is 0.697. The SMILES string of the molecule is CCCCCN1CCCNCC1(C)C. The Morgan fingerprint density at radius 2 is 2.07 bits per heavy atom. The number of unbranched alkanes of at least 4 members (excludes halogenated alkanes) is 2. The van der Waals surface area contributed by atoms with Gasteiger partial charge >= 0.3 is 0 Å². The van der Waals surface area contributed by atoms with Crippen molar-refractivity contribution in [1.82, 2.24) is 10.2 Å². The molecule has 14 heavy (non-hydrogen) atoms. The molecule has 0 radical (unpaired) electrons. The first kappa shape index (κ1) is 12.0. The van der Waals surface area contributed by atoms with E-state index in [9.17, 15) is 0 Å². The summed E-state index contributed by atoms with van der Waals surface area (Å²) in [5.41, 5.74) is 0.351.